The Bertz CT molecular complexity index is 750. The van der Waals surface area contributed by atoms with Crippen molar-refractivity contribution in [3.8, 4) is 0 Å². The van der Waals surface area contributed by atoms with Crippen LogP contribution < -0.4 is 10.6 Å². The van der Waals surface area contributed by atoms with Crippen LogP contribution in [0.2, 0.25) is 0 Å². The van der Waals surface area contributed by atoms with E-state index in [0.29, 0.717) is 25.3 Å². The predicted molar refractivity (Wildman–Crippen MR) is 95.1 cm³/mol. The summed E-state index contributed by atoms with van der Waals surface area (Å²) in [4.78, 5) is 13.4. The summed E-state index contributed by atoms with van der Waals surface area (Å²) in [6.07, 6.45) is 3.02. The minimum Gasteiger partial charge on any atom is -0.464 e. The van der Waals surface area contributed by atoms with E-state index in [9.17, 15) is 9.90 Å². The third kappa shape index (κ3) is 2.88. The molecule has 5 heteroatoms. The number of amides is 1. The lowest BCUT2D eigenvalue weighted by Crippen LogP contribution is -2.36. The summed E-state index contributed by atoms with van der Waals surface area (Å²) >= 11 is 0. The maximum atomic E-state index is 11.1. The van der Waals surface area contributed by atoms with Gasteiger partial charge in [0, 0.05) is 41.2 Å². The molecule has 130 valence electrons. The number of aliphatic hydroxyl groups is 1. The topological polar surface area (TPSA) is 79.7 Å². The van der Waals surface area contributed by atoms with Crippen LogP contribution in [0, 0.1) is 0 Å². The molecule has 1 aliphatic heterocycles. The molecule has 1 aromatic heterocycles. The van der Waals surface area contributed by atoms with Crippen LogP contribution in [0.5, 0.6) is 0 Å². The fourth-order valence-electron chi connectivity index (χ4n) is 3.70. The lowest BCUT2D eigenvalue weighted by Gasteiger charge is -2.37. The molecule has 3 N–H and O–H groups in total. The number of fused-ring (bicyclic) bond motifs is 3. The van der Waals surface area contributed by atoms with E-state index in [4.69, 9.17) is 10.2 Å². The summed E-state index contributed by atoms with van der Waals surface area (Å²) in [5.41, 5.74) is 9.17. The summed E-state index contributed by atoms with van der Waals surface area (Å²) in [6, 6.07) is 4.39. The molecule has 2 aromatic rings. The molecule has 2 heterocycles. The molecule has 0 spiro atoms. The Morgan fingerprint density at radius 1 is 1.42 bits per heavy atom. The van der Waals surface area contributed by atoms with Crippen LogP contribution in [0.15, 0.2) is 22.8 Å². The van der Waals surface area contributed by atoms with Gasteiger partial charge in [0.1, 0.15) is 5.58 Å². The summed E-state index contributed by atoms with van der Waals surface area (Å²) in [7, 11) is 0. The molecule has 5 nitrogen and oxygen atoms in total. The summed E-state index contributed by atoms with van der Waals surface area (Å²) in [6.45, 7) is 7.25. The van der Waals surface area contributed by atoms with Crippen LogP contribution >= 0.6 is 0 Å². The van der Waals surface area contributed by atoms with Gasteiger partial charge in [-0.3, -0.25) is 4.79 Å². The van der Waals surface area contributed by atoms with Crippen molar-refractivity contribution in [3.63, 3.8) is 0 Å². The summed E-state index contributed by atoms with van der Waals surface area (Å²) < 4.78 is 5.74. The maximum absolute atomic E-state index is 11.1. The highest BCUT2D eigenvalue weighted by atomic mass is 16.3. The number of carbonyl (C=O) groups excluding carboxylic acids is 1. The fraction of sp³-hybridized carbons (Fsp3) is 0.526. The van der Waals surface area contributed by atoms with Gasteiger partial charge in [0.15, 0.2) is 0 Å². The molecule has 1 amide bonds. The monoisotopic (exact) mass is 330 g/mol. The van der Waals surface area contributed by atoms with E-state index in [2.05, 4.69) is 25.7 Å². The van der Waals surface area contributed by atoms with E-state index in [1.165, 1.54) is 0 Å². The highest BCUT2D eigenvalue weighted by Crippen LogP contribution is 2.43. The quantitative estimate of drug-likeness (QED) is 0.880. The number of nitrogens with zero attached hydrogens (tertiary/aromatic N) is 1. The second kappa shape index (κ2) is 6.48. The standard InChI is InChI=1S/C19H26N2O3/c1-11(2)21-9-8-15(22)19-14(21)5-6-16-18(19)13(10-24-16)12(3)4-7-17(20)23/h5-6,10-12,15,22H,4,7-9H2,1-3H3,(H2,20,23). The van der Waals surface area contributed by atoms with Crippen molar-refractivity contribution in [2.24, 2.45) is 5.73 Å². The minimum atomic E-state index is -0.488. The number of carbonyl (C=O) groups is 1. The van der Waals surface area contributed by atoms with Crippen molar-refractivity contribution < 1.29 is 14.3 Å². The van der Waals surface area contributed by atoms with E-state index in [1.54, 1.807) is 6.26 Å². The Balaban J connectivity index is 2.10. The zero-order valence-corrected chi connectivity index (χ0v) is 14.6. The van der Waals surface area contributed by atoms with E-state index >= 15 is 0 Å². The Hall–Kier alpha value is -2.01. The van der Waals surface area contributed by atoms with Gasteiger partial charge in [-0.25, -0.2) is 0 Å². The molecular weight excluding hydrogens is 304 g/mol. The minimum absolute atomic E-state index is 0.145. The van der Waals surface area contributed by atoms with Crippen molar-refractivity contribution in [3.05, 3.63) is 29.5 Å². The molecule has 2 unspecified atom stereocenters. The van der Waals surface area contributed by atoms with Crippen molar-refractivity contribution >= 4 is 22.6 Å². The first-order valence-electron chi connectivity index (χ1n) is 8.67. The number of anilines is 1. The van der Waals surface area contributed by atoms with E-state index in [-0.39, 0.29) is 11.8 Å². The number of nitrogens with two attached hydrogens (primary N) is 1. The number of benzene rings is 1. The normalized spacial score (nSPS) is 18.9. The Morgan fingerprint density at radius 2 is 2.17 bits per heavy atom. The lowest BCUT2D eigenvalue weighted by atomic mass is 9.88. The average Bonchev–Trinajstić information content (AvgIpc) is 2.96. The molecule has 3 rings (SSSR count). The second-order valence-corrected chi connectivity index (χ2v) is 7.06. The SMILES string of the molecule is CC(CCC(N)=O)c1coc2ccc3c(c12)C(O)CCN3C(C)C. The molecular formula is C19H26N2O3. The van der Waals surface area contributed by atoms with Crippen LogP contribution in [-0.4, -0.2) is 23.6 Å². The third-order valence-electron chi connectivity index (χ3n) is 5.05. The molecule has 0 bridgehead atoms. The number of aliphatic hydroxyl groups excluding tert-OH is 1. The van der Waals surface area contributed by atoms with Gasteiger partial charge in [0.25, 0.3) is 0 Å². The Kier molecular flexibility index (Phi) is 4.54. The maximum Gasteiger partial charge on any atom is 0.217 e. The Morgan fingerprint density at radius 3 is 2.83 bits per heavy atom. The van der Waals surface area contributed by atoms with Crippen LogP contribution in [0.3, 0.4) is 0 Å². The van der Waals surface area contributed by atoms with Crippen molar-refractivity contribution in [1.82, 2.24) is 0 Å². The third-order valence-corrected chi connectivity index (χ3v) is 5.05. The van der Waals surface area contributed by atoms with Crippen LogP contribution in [0.25, 0.3) is 11.0 Å². The highest BCUT2D eigenvalue weighted by Gasteiger charge is 2.29. The summed E-state index contributed by atoms with van der Waals surface area (Å²) in [5, 5.41) is 11.7. The molecule has 0 saturated carbocycles. The van der Waals surface area contributed by atoms with Gasteiger partial charge in [-0.15, -0.1) is 0 Å². The van der Waals surface area contributed by atoms with Crippen LogP contribution in [-0.2, 0) is 4.79 Å². The van der Waals surface area contributed by atoms with Gasteiger partial charge >= 0.3 is 0 Å². The predicted octanol–water partition coefficient (Wildman–Crippen LogP) is 3.45. The molecule has 0 saturated heterocycles. The average molecular weight is 330 g/mol. The zero-order valence-electron chi connectivity index (χ0n) is 14.6. The lowest BCUT2D eigenvalue weighted by molar-refractivity contribution is -0.118. The first kappa shape index (κ1) is 16.8. The molecule has 1 aliphatic rings. The fourth-order valence-corrected chi connectivity index (χ4v) is 3.70. The van der Waals surface area contributed by atoms with Gasteiger partial charge in [0.05, 0.1) is 12.4 Å². The summed E-state index contributed by atoms with van der Waals surface area (Å²) in [5.74, 6) is -0.144. The zero-order chi connectivity index (χ0) is 17.4. The second-order valence-electron chi connectivity index (χ2n) is 7.06. The van der Waals surface area contributed by atoms with Gasteiger partial charge in [0.2, 0.25) is 5.91 Å². The number of primary amides is 1. The van der Waals surface area contributed by atoms with Crippen molar-refractivity contribution in [2.45, 2.75) is 58.1 Å². The molecule has 0 radical (unpaired) electrons. The first-order valence-corrected chi connectivity index (χ1v) is 8.67. The molecule has 2 atom stereocenters. The largest absolute Gasteiger partial charge is 0.464 e. The number of hydrogen-bond donors (Lipinski definition) is 2. The number of rotatable bonds is 5. The molecule has 0 fully saturated rings. The molecule has 1 aromatic carbocycles. The van der Waals surface area contributed by atoms with Gasteiger partial charge < -0.3 is 20.2 Å². The number of hydrogen-bond acceptors (Lipinski definition) is 4. The van der Waals surface area contributed by atoms with Gasteiger partial charge in [-0.1, -0.05) is 6.92 Å². The van der Waals surface area contributed by atoms with Gasteiger partial charge in [-0.05, 0) is 44.7 Å². The van der Waals surface area contributed by atoms with Crippen molar-refractivity contribution in [1.29, 1.82) is 0 Å². The van der Waals surface area contributed by atoms with E-state index < -0.39 is 6.10 Å². The molecule has 0 aliphatic carbocycles. The van der Waals surface area contributed by atoms with E-state index in [0.717, 1.165) is 34.3 Å². The van der Waals surface area contributed by atoms with Crippen LogP contribution in [0.1, 0.15) is 63.2 Å². The van der Waals surface area contributed by atoms with Crippen LogP contribution in [0.4, 0.5) is 5.69 Å². The first-order chi connectivity index (χ1) is 11.4. The molecule has 24 heavy (non-hydrogen) atoms. The van der Waals surface area contributed by atoms with Gasteiger partial charge in [-0.2, -0.15) is 0 Å². The number of furan rings is 1. The van der Waals surface area contributed by atoms with Crippen molar-refractivity contribution in [2.75, 3.05) is 11.4 Å². The van der Waals surface area contributed by atoms with E-state index in [1.807, 2.05) is 12.1 Å². The smallest absolute Gasteiger partial charge is 0.217 e. The highest BCUT2D eigenvalue weighted by molar-refractivity contribution is 5.91. The Labute approximate surface area is 142 Å².